The van der Waals surface area contributed by atoms with Crippen LogP contribution in [0.5, 0.6) is 0 Å². The number of primary amides is 1. The minimum absolute atomic E-state index is 0.00782. The molecule has 0 unspecified atom stereocenters. The SMILES string of the molecule is C[C@@H]1CCC[C@H](n2cnc(-c3cc(Cl)ccc3-n3cc(C#N)nn3)cc2=O)c2cc(ccn2)-c2c(cnn2C)NC1=O.C[C@@H]1CCC[C@H](n2cnc(-c3cc(Cl)ccc3-n3cc(C(N)=O)nn3)cc2=O)c2cc(ccn2)-c2c(cnn2C)NC1=O. The van der Waals surface area contributed by atoms with Crippen molar-refractivity contribution in [1.29, 1.82) is 5.26 Å². The first-order chi connectivity index (χ1) is 41.0. The lowest BCUT2D eigenvalue weighted by Gasteiger charge is -2.22. The highest BCUT2D eigenvalue weighted by molar-refractivity contribution is 6.31. The van der Waals surface area contributed by atoms with Crippen molar-refractivity contribution in [1.82, 2.24) is 78.6 Å². The second kappa shape index (κ2) is 23.9. The molecule has 3 amide bonds. The zero-order valence-electron chi connectivity index (χ0n) is 46.1. The number of fused-ring (bicyclic) bond motifs is 8. The van der Waals surface area contributed by atoms with E-state index in [1.165, 1.54) is 46.5 Å². The molecular formula is C58H52Cl2N20O5. The lowest BCUT2D eigenvalue weighted by molar-refractivity contribution is -0.120. The summed E-state index contributed by atoms with van der Waals surface area (Å²) in [5.41, 5.74) is 13.5. The van der Waals surface area contributed by atoms with E-state index in [0.717, 1.165) is 22.5 Å². The van der Waals surface area contributed by atoms with Gasteiger partial charge in [-0.2, -0.15) is 15.5 Å². The van der Waals surface area contributed by atoms with Gasteiger partial charge in [-0.25, -0.2) is 19.3 Å². The summed E-state index contributed by atoms with van der Waals surface area (Å²) >= 11 is 12.6. The number of nitrogens with two attached hydrogens (primary N) is 1. The summed E-state index contributed by atoms with van der Waals surface area (Å²) in [6.07, 6.45) is 16.3. The molecule has 10 aromatic rings. The van der Waals surface area contributed by atoms with Crippen LogP contribution in [0.1, 0.15) is 92.0 Å². The van der Waals surface area contributed by atoms with Crippen molar-refractivity contribution in [2.45, 2.75) is 64.5 Å². The molecule has 8 aromatic heterocycles. The second-order valence-electron chi connectivity index (χ2n) is 20.6. The molecule has 0 fully saturated rings. The number of aryl methyl sites for hydroxylation is 2. The molecule has 12 rings (SSSR count). The topological polar surface area (TPSA) is 318 Å². The van der Waals surface area contributed by atoms with Gasteiger partial charge in [0.1, 0.15) is 6.07 Å². The minimum atomic E-state index is -0.716. The summed E-state index contributed by atoms with van der Waals surface area (Å²) < 4.78 is 9.37. The predicted molar refractivity (Wildman–Crippen MR) is 313 cm³/mol. The van der Waals surface area contributed by atoms with E-state index in [0.29, 0.717) is 105 Å². The van der Waals surface area contributed by atoms with Crippen molar-refractivity contribution in [3.8, 4) is 62.5 Å². The Morgan fingerprint density at radius 2 is 1.09 bits per heavy atom. The molecular weight excluding hydrogens is 1130 g/mol. The van der Waals surface area contributed by atoms with Crippen LogP contribution in [-0.2, 0) is 23.7 Å². The number of pyridine rings is 2. The Morgan fingerprint density at radius 3 is 1.53 bits per heavy atom. The molecule has 0 radical (unpaired) electrons. The predicted octanol–water partition coefficient (Wildman–Crippen LogP) is 7.55. The van der Waals surface area contributed by atoms with Crippen molar-refractivity contribution >= 4 is 52.3 Å². The first-order valence-corrected chi connectivity index (χ1v) is 27.7. The Balaban J connectivity index is 0.000000177. The van der Waals surface area contributed by atoms with Gasteiger partial charge in [0.15, 0.2) is 11.4 Å². The monoisotopic (exact) mass is 1180 g/mol. The standard InChI is InChI=1S/C29H27ClN10O3.C29H25ClN10O2/c1-16-4-3-5-25(21-10-17(8-9-32-21)27-22(35-29(16)43)13-34-38(27)2)39-15-33-20(12-26(39)41)19-11-18(30)6-7-24(19)40-14-23(28(31)42)36-37-40;1-17-4-3-5-26(23-10-18(8-9-32-23)28-24(35-29(17)42)14-34-38(28)2)39-16-33-22(12-27(39)41)21-11-19(30)6-7-25(21)40-15-20(13-31)36-37-40/h6-16,25H,3-5H2,1-2H3,(H2,31,42)(H,35,43);6-12,14-17,26H,3-5H2,1-2H3,(H,35,42)/t16-,25+;17-,26+/m11/s1. The van der Waals surface area contributed by atoms with Crippen molar-refractivity contribution < 1.29 is 14.4 Å². The van der Waals surface area contributed by atoms with Crippen molar-refractivity contribution in [2.24, 2.45) is 31.7 Å². The summed E-state index contributed by atoms with van der Waals surface area (Å²) in [4.78, 5) is 83.4. The Labute approximate surface area is 493 Å². The molecule has 2 aliphatic heterocycles. The fraction of sp³-hybridized carbons (Fsp3) is 0.241. The Morgan fingerprint density at radius 1 is 0.624 bits per heavy atom. The molecule has 0 spiro atoms. The van der Waals surface area contributed by atoms with Crippen LogP contribution in [0.3, 0.4) is 0 Å². The molecule has 2 aliphatic rings. The number of carbonyl (C=O) groups excluding carboxylic acids is 3. The molecule has 0 saturated heterocycles. The normalized spacial score (nSPS) is 17.0. The smallest absolute Gasteiger partial charge is 0.270 e. The van der Waals surface area contributed by atoms with Gasteiger partial charge in [0, 0.05) is 82.8 Å². The van der Waals surface area contributed by atoms with Gasteiger partial charge in [0.05, 0.1) is 106 Å². The minimum Gasteiger partial charge on any atom is -0.364 e. The van der Waals surface area contributed by atoms with E-state index in [1.807, 2.05) is 58.3 Å². The lowest BCUT2D eigenvalue weighted by atomic mass is 9.97. The summed E-state index contributed by atoms with van der Waals surface area (Å²) in [7, 11) is 3.62. The number of benzene rings is 2. The summed E-state index contributed by atoms with van der Waals surface area (Å²) in [5, 5.41) is 40.4. The van der Waals surface area contributed by atoms with Gasteiger partial charge in [-0.05, 0) is 86.3 Å². The molecule has 85 heavy (non-hydrogen) atoms. The highest BCUT2D eigenvalue weighted by atomic mass is 35.5. The maximum absolute atomic E-state index is 13.7. The largest absolute Gasteiger partial charge is 0.364 e. The highest BCUT2D eigenvalue weighted by Gasteiger charge is 2.27. The van der Waals surface area contributed by atoms with Crippen LogP contribution in [0.4, 0.5) is 11.4 Å². The van der Waals surface area contributed by atoms with Crippen LogP contribution in [0.25, 0.3) is 56.4 Å². The quantitative estimate of drug-likeness (QED) is 0.139. The molecule has 2 aromatic carbocycles. The number of nitrogens with zero attached hydrogens (tertiary/aromatic N) is 17. The van der Waals surface area contributed by atoms with Crippen LogP contribution in [0.2, 0.25) is 10.0 Å². The third-order valence-corrected chi connectivity index (χ3v) is 15.4. The van der Waals surface area contributed by atoms with E-state index in [-0.39, 0.29) is 46.2 Å². The molecule has 27 heteroatoms. The number of halogens is 2. The molecule has 25 nitrogen and oxygen atoms in total. The number of hydrogen-bond acceptors (Lipinski definition) is 16. The van der Waals surface area contributed by atoms with E-state index in [9.17, 15) is 29.2 Å². The zero-order chi connectivity index (χ0) is 59.6. The maximum atomic E-state index is 13.7. The molecule has 4 bridgehead atoms. The van der Waals surface area contributed by atoms with Gasteiger partial charge >= 0.3 is 0 Å². The molecule has 4 N–H and O–H groups in total. The zero-order valence-corrected chi connectivity index (χ0v) is 47.6. The van der Waals surface area contributed by atoms with Gasteiger partial charge < -0.3 is 16.4 Å². The van der Waals surface area contributed by atoms with Crippen LogP contribution < -0.4 is 27.5 Å². The fourth-order valence-corrected chi connectivity index (χ4v) is 10.8. The van der Waals surface area contributed by atoms with Crippen LogP contribution >= 0.6 is 23.2 Å². The van der Waals surface area contributed by atoms with Crippen LogP contribution in [0.15, 0.2) is 132 Å². The molecule has 4 atom stereocenters. The maximum Gasteiger partial charge on any atom is 0.270 e. The molecule has 0 saturated carbocycles. The van der Waals surface area contributed by atoms with Gasteiger partial charge in [0.2, 0.25) is 11.8 Å². The van der Waals surface area contributed by atoms with Crippen molar-refractivity contribution in [3.63, 3.8) is 0 Å². The Bertz CT molecular complexity index is 4400. The molecule has 0 aliphatic carbocycles. The van der Waals surface area contributed by atoms with E-state index < -0.39 is 18.0 Å². The van der Waals surface area contributed by atoms with E-state index >= 15 is 0 Å². The average molecular weight is 1180 g/mol. The third-order valence-electron chi connectivity index (χ3n) is 15.0. The van der Waals surface area contributed by atoms with Crippen molar-refractivity contribution in [2.75, 3.05) is 10.6 Å². The number of amides is 3. The number of carbonyl (C=O) groups is 3. The van der Waals surface area contributed by atoms with E-state index in [2.05, 4.69) is 61.4 Å². The first-order valence-electron chi connectivity index (χ1n) is 26.9. The van der Waals surface area contributed by atoms with Gasteiger partial charge in [0.25, 0.3) is 17.0 Å². The molecule has 428 valence electrons. The van der Waals surface area contributed by atoms with Gasteiger partial charge in [-0.3, -0.25) is 52.4 Å². The van der Waals surface area contributed by atoms with Gasteiger partial charge in [-0.1, -0.05) is 60.3 Å². The summed E-state index contributed by atoms with van der Waals surface area (Å²) in [6.45, 7) is 3.78. The third kappa shape index (κ3) is 11.7. The average Bonchev–Trinajstić information content (AvgIpc) is 3.77. The van der Waals surface area contributed by atoms with E-state index in [4.69, 9.17) is 28.9 Å². The number of hydrogen-bond donors (Lipinski definition) is 3. The molecule has 10 heterocycles. The number of rotatable bonds is 7. The van der Waals surface area contributed by atoms with E-state index in [1.54, 1.807) is 79.7 Å². The highest BCUT2D eigenvalue weighted by Crippen LogP contribution is 2.36. The Kier molecular flexibility index (Phi) is 15.9. The fourth-order valence-electron chi connectivity index (χ4n) is 10.5. The summed E-state index contributed by atoms with van der Waals surface area (Å²) in [6, 6.07) is 21.6. The van der Waals surface area contributed by atoms with Crippen LogP contribution in [0, 0.1) is 23.2 Å². The number of aromatic nitrogens is 16. The number of nitrogens with one attached hydrogen (secondary N) is 2. The van der Waals surface area contributed by atoms with Crippen LogP contribution in [-0.4, -0.2) is 96.3 Å². The summed E-state index contributed by atoms with van der Waals surface area (Å²) in [5.74, 6) is -1.36. The second-order valence-corrected chi connectivity index (χ2v) is 21.5. The van der Waals surface area contributed by atoms with Gasteiger partial charge in [-0.15, -0.1) is 10.2 Å². The Hall–Kier alpha value is -10.3. The number of anilines is 2. The lowest BCUT2D eigenvalue weighted by Crippen LogP contribution is -2.27. The van der Waals surface area contributed by atoms with Crippen molar-refractivity contribution in [3.05, 3.63) is 176 Å². The number of nitriles is 1. The first kappa shape index (κ1) is 56.5.